The molecule has 0 unspecified atom stereocenters. The summed E-state index contributed by atoms with van der Waals surface area (Å²) in [5.74, 6) is 1.44. The van der Waals surface area contributed by atoms with Gasteiger partial charge in [0.25, 0.3) is 0 Å². The third-order valence-corrected chi connectivity index (χ3v) is 16.1. The lowest BCUT2D eigenvalue weighted by Crippen LogP contribution is -2.25. The number of rotatable bonds is 18. The Morgan fingerprint density at radius 3 is 1.31 bits per heavy atom. The predicted octanol–water partition coefficient (Wildman–Crippen LogP) is 16.9. The summed E-state index contributed by atoms with van der Waals surface area (Å²) in [5, 5.41) is 19.0. The van der Waals surface area contributed by atoms with Crippen LogP contribution in [0, 0.1) is 58.8 Å². The molecule has 2 aromatic carbocycles. The van der Waals surface area contributed by atoms with Crippen molar-refractivity contribution in [3.63, 3.8) is 0 Å². The molecule has 4 fully saturated rings. The fraction of sp³-hybridized carbons (Fsp3) is 0.769. The molecule has 0 aromatic heterocycles. The first-order chi connectivity index (χ1) is 29.6. The number of hydrogen-bond acceptors (Lipinski definition) is 3. The van der Waals surface area contributed by atoms with Gasteiger partial charge in [-0.15, -0.1) is 0 Å². The van der Waals surface area contributed by atoms with Gasteiger partial charge in [-0.1, -0.05) is 135 Å². The van der Waals surface area contributed by atoms with Crippen LogP contribution >= 0.6 is 31.9 Å². The van der Waals surface area contributed by atoms with E-state index in [1.54, 1.807) is 18.2 Å². The molecular formula is C52H80Br2F4O3. The van der Waals surface area contributed by atoms with Crippen molar-refractivity contribution in [2.24, 2.45) is 35.5 Å². The average Bonchev–Trinajstić information content (AvgIpc) is 3.29. The maximum atomic E-state index is 14.7. The van der Waals surface area contributed by atoms with Gasteiger partial charge in [-0.3, -0.25) is 0 Å². The second kappa shape index (κ2) is 29.3. The van der Waals surface area contributed by atoms with Gasteiger partial charge >= 0.3 is 0 Å². The van der Waals surface area contributed by atoms with E-state index in [0.717, 1.165) is 97.5 Å². The van der Waals surface area contributed by atoms with Crippen molar-refractivity contribution in [1.82, 2.24) is 0 Å². The minimum Gasteiger partial charge on any atom is -0.505 e. The minimum absolute atomic E-state index is 0.0431. The molecule has 0 aliphatic heterocycles. The number of phenolic OH excluding ortho intramolecular Hbond substituents is 1. The van der Waals surface area contributed by atoms with Gasteiger partial charge in [0, 0.05) is 17.3 Å². The first-order valence-electron chi connectivity index (χ1n) is 24.7. The number of unbranched alkanes of at least 4 members (excludes halogenated alkanes) is 4. The Balaban J connectivity index is 0.000000244. The van der Waals surface area contributed by atoms with Gasteiger partial charge in [-0.05, 0) is 160 Å². The minimum atomic E-state index is -1.09. The Morgan fingerprint density at radius 1 is 0.508 bits per heavy atom. The Bertz CT molecular complexity index is 1480. The highest BCUT2D eigenvalue weighted by atomic mass is 79.9. The van der Waals surface area contributed by atoms with E-state index in [0.29, 0.717) is 24.3 Å². The Morgan fingerprint density at radius 2 is 0.918 bits per heavy atom. The summed E-state index contributed by atoms with van der Waals surface area (Å²) in [4.78, 5) is 0. The van der Waals surface area contributed by atoms with Crippen LogP contribution in [-0.2, 0) is 0 Å². The van der Waals surface area contributed by atoms with Gasteiger partial charge in [0.15, 0.2) is 23.1 Å². The number of hydrogen-bond donors (Lipinski definition) is 2. The molecule has 0 atom stereocenters. The topological polar surface area (TPSA) is 49.7 Å². The summed E-state index contributed by atoms with van der Waals surface area (Å²) < 4.78 is 62.3. The van der Waals surface area contributed by atoms with Crippen molar-refractivity contribution in [2.75, 3.05) is 23.9 Å². The van der Waals surface area contributed by atoms with Crippen molar-refractivity contribution < 1.29 is 32.5 Å². The molecule has 2 N–H and O–H groups in total. The van der Waals surface area contributed by atoms with Crippen LogP contribution < -0.4 is 4.74 Å². The van der Waals surface area contributed by atoms with Crippen molar-refractivity contribution >= 4 is 31.9 Å². The van der Waals surface area contributed by atoms with Crippen molar-refractivity contribution in [3.05, 3.63) is 58.7 Å². The van der Waals surface area contributed by atoms with Gasteiger partial charge in [-0.2, -0.15) is 8.78 Å². The van der Waals surface area contributed by atoms with E-state index in [4.69, 9.17) is 9.84 Å². The number of aliphatic hydroxyl groups is 1. The summed E-state index contributed by atoms with van der Waals surface area (Å²) in [6.45, 7) is 5.24. The average molecular weight is 989 g/mol. The van der Waals surface area contributed by atoms with Gasteiger partial charge in [0.2, 0.25) is 11.6 Å². The van der Waals surface area contributed by atoms with Crippen LogP contribution in [0.2, 0.25) is 0 Å². The van der Waals surface area contributed by atoms with Crippen LogP contribution in [0.25, 0.3) is 0 Å². The van der Waals surface area contributed by atoms with Crippen LogP contribution in [0.15, 0.2) is 24.3 Å². The molecule has 9 heteroatoms. The maximum Gasteiger partial charge on any atom is 0.200 e. The molecule has 0 amide bonds. The first-order valence-corrected chi connectivity index (χ1v) is 26.9. The highest BCUT2D eigenvalue weighted by Gasteiger charge is 2.34. The number of benzene rings is 2. The van der Waals surface area contributed by atoms with Gasteiger partial charge in [-0.25, -0.2) is 8.78 Å². The van der Waals surface area contributed by atoms with Crippen LogP contribution in [-0.4, -0.2) is 34.1 Å². The number of aromatic hydroxyl groups is 1. The van der Waals surface area contributed by atoms with Crippen LogP contribution in [0.1, 0.15) is 204 Å². The van der Waals surface area contributed by atoms with Gasteiger partial charge in [0.1, 0.15) is 0 Å². The summed E-state index contributed by atoms with van der Waals surface area (Å²) in [5.41, 5.74) is 1.01. The number of ether oxygens (including phenoxy) is 1. The molecule has 348 valence electrons. The van der Waals surface area contributed by atoms with E-state index in [1.807, 2.05) is 0 Å². The van der Waals surface area contributed by atoms with E-state index in [1.165, 1.54) is 122 Å². The third-order valence-electron chi connectivity index (χ3n) is 15.0. The predicted molar refractivity (Wildman–Crippen MR) is 252 cm³/mol. The van der Waals surface area contributed by atoms with E-state index in [2.05, 4.69) is 45.7 Å². The molecular weight excluding hydrogens is 908 g/mol. The lowest BCUT2D eigenvalue weighted by Gasteiger charge is -2.38. The fourth-order valence-corrected chi connectivity index (χ4v) is 11.7. The lowest BCUT2D eigenvalue weighted by molar-refractivity contribution is 0.155. The Kier molecular flexibility index (Phi) is 25.1. The van der Waals surface area contributed by atoms with E-state index >= 15 is 0 Å². The zero-order valence-electron chi connectivity index (χ0n) is 37.7. The molecule has 4 aliphatic carbocycles. The summed E-state index contributed by atoms with van der Waals surface area (Å²) in [7, 11) is 0. The molecule has 6 rings (SSSR count). The molecule has 4 saturated carbocycles. The Hall–Kier alpha value is -1.32. The highest BCUT2D eigenvalue weighted by molar-refractivity contribution is 9.09. The summed E-state index contributed by atoms with van der Waals surface area (Å²) in [6.07, 6.45) is 32.2. The smallest absolute Gasteiger partial charge is 0.200 e. The Labute approximate surface area is 384 Å². The van der Waals surface area contributed by atoms with Crippen LogP contribution in [0.3, 0.4) is 0 Å². The maximum absolute atomic E-state index is 14.7. The van der Waals surface area contributed by atoms with Gasteiger partial charge < -0.3 is 14.9 Å². The monoisotopic (exact) mass is 986 g/mol. The number of halogens is 6. The van der Waals surface area contributed by atoms with E-state index in [-0.39, 0.29) is 17.6 Å². The lowest BCUT2D eigenvalue weighted by atomic mass is 9.68. The number of aliphatic hydroxyl groups excluding tert-OH is 1. The third kappa shape index (κ3) is 16.9. The SMILES string of the molecule is CCCCCC1CCC(C2CCC(c3ccc(O)c(F)c3F)CC2)CC1.CCCCCC1CCC(C2CCC(c3ccc(OCCCBr)c(F)c3F)CC2)CC1.OCCCBr. The van der Waals surface area contributed by atoms with Crippen molar-refractivity contribution in [2.45, 2.75) is 193 Å². The largest absolute Gasteiger partial charge is 0.505 e. The van der Waals surface area contributed by atoms with E-state index in [9.17, 15) is 22.7 Å². The van der Waals surface area contributed by atoms with Crippen LogP contribution in [0.5, 0.6) is 11.5 Å². The standard InChI is InChI=1S/C26H39BrF2O.C23H34F2O.C3H7BrO/c1-2-3-4-6-19-7-9-20(10-8-19)21-11-13-22(14-12-21)23-15-16-24(26(29)25(23)28)30-18-5-17-27;1-2-3-4-5-16-6-8-17(9-7-16)18-10-12-19(13-11-18)20-14-15-21(26)23(25)22(20)24;4-2-1-3-5/h15-16,19-22H,2-14,17-18H2,1H3;14-19,26H,2-13H2,1H3;5H,1-3H2. The molecule has 2 aromatic rings. The summed E-state index contributed by atoms with van der Waals surface area (Å²) in [6, 6.07) is 6.24. The second-order valence-corrected chi connectivity index (χ2v) is 20.6. The molecule has 0 heterocycles. The zero-order chi connectivity index (χ0) is 44.0. The molecule has 0 spiro atoms. The second-order valence-electron chi connectivity index (χ2n) is 19.0. The molecule has 0 saturated heterocycles. The molecule has 0 bridgehead atoms. The zero-order valence-corrected chi connectivity index (χ0v) is 40.9. The fourth-order valence-electron chi connectivity index (χ4n) is 11.2. The first kappa shape index (κ1) is 52.3. The summed E-state index contributed by atoms with van der Waals surface area (Å²) >= 11 is 6.47. The number of phenols is 1. The highest BCUT2D eigenvalue weighted by Crippen LogP contribution is 2.47. The molecule has 0 radical (unpaired) electrons. The number of alkyl halides is 2. The quantitative estimate of drug-likeness (QED) is 0.0889. The normalized spacial score (nSPS) is 26.7. The van der Waals surface area contributed by atoms with Crippen molar-refractivity contribution in [3.8, 4) is 11.5 Å². The van der Waals surface area contributed by atoms with E-state index < -0.39 is 29.0 Å². The molecule has 61 heavy (non-hydrogen) atoms. The van der Waals surface area contributed by atoms with Gasteiger partial charge in [0.05, 0.1) is 6.61 Å². The van der Waals surface area contributed by atoms with Crippen molar-refractivity contribution in [1.29, 1.82) is 0 Å². The molecule has 3 nitrogen and oxygen atoms in total. The molecule has 4 aliphatic rings. The van der Waals surface area contributed by atoms with Crippen LogP contribution in [0.4, 0.5) is 17.6 Å².